The van der Waals surface area contributed by atoms with Crippen LogP contribution in [0.1, 0.15) is 316 Å². The second-order valence-electron chi connectivity index (χ2n) is 23.8. The first-order chi connectivity index (χ1) is 37.5. The van der Waals surface area contributed by atoms with E-state index in [2.05, 4.69) is 67.8 Å². The Morgan fingerprint density at radius 3 is 1.13 bits per heavy atom. The average Bonchev–Trinajstić information content (AvgIpc) is 3.39. The van der Waals surface area contributed by atoms with Crippen molar-refractivity contribution in [2.24, 2.45) is 0 Å². The molecule has 0 radical (unpaired) electrons. The number of hydrogen-bond donors (Lipinski definition) is 3. The van der Waals surface area contributed by atoms with Crippen molar-refractivity contribution in [2.45, 2.75) is 328 Å². The van der Waals surface area contributed by atoms with Crippen LogP contribution >= 0.6 is 7.82 Å². The number of nitrogens with zero attached hydrogens (tertiary/aromatic N) is 1. The molecule has 0 aliphatic heterocycles. The molecule has 77 heavy (non-hydrogen) atoms. The van der Waals surface area contributed by atoms with E-state index in [-0.39, 0.29) is 19.1 Å². The fraction of sp³-hybridized carbons (Fsp3) is 0.838. The number of rotatable bonds is 61. The molecule has 0 bridgehead atoms. The number of allylic oxidation sites excluding steroid dienone is 9. The van der Waals surface area contributed by atoms with E-state index in [0.29, 0.717) is 17.4 Å². The minimum Gasteiger partial charge on any atom is -0.387 e. The largest absolute Gasteiger partial charge is 0.472 e. The minimum absolute atomic E-state index is 0.0553. The topological polar surface area (TPSA) is 105 Å². The number of phosphoric acid groups is 1. The fourth-order valence-electron chi connectivity index (χ4n) is 9.77. The second-order valence-corrected chi connectivity index (χ2v) is 25.3. The van der Waals surface area contributed by atoms with E-state index in [1.54, 1.807) is 6.08 Å². The first-order valence-electron chi connectivity index (χ1n) is 33.2. The van der Waals surface area contributed by atoms with E-state index in [4.69, 9.17) is 9.05 Å². The molecule has 0 rings (SSSR count). The summed E-state index contributed by atoms with van der Waals surface area (Å²) >= 11 is 0. The zero-order valence-corrected chi connectivity index (χ0v) is 52.6. The maximum atomic E-state index is 13.0. The van der Waals surface area contributed by atoms with E-state index >= 15 is 0 Å². The highest BCUT2D eigenvalue weighted by molar-refractivity contribution is 7.47. The molecular formula is C68H130N2O6P+. The number of hydrogen-bond acceptors (Lipinski definition) is 5. The summed E-state index contributed by atoms with van der Waals surface area (Å²) in [6.45, 7) is 4.82. The van der Waals surface area contributed by atoms with Crippen LogP contribution in [0.15, 0.2) is 60.8 Å². The Labute approximate surface area is 479 Å². The third kappa shape index (κ3) is 61.7. The summed E-state index contributed by atoms with van der Waals surface area (Å²) in [5, 5.41) is 14.0. The summed E-state index contributed by atoms with van der Waals surface area (Å²) in [5.41, 5.74) is 0. The number of amides is 1. The van der Waals surface area contributed by atoms with Gasteiger partial charge in [-0.1, -0.05) is 299 Å². The molecule has 8 nitrogen and oxygen atoms in total. The highest BCUT2D eigenvalue weighted by Crippen LogP contribution is 2.43. The van der Waals surface area contributed by atoms with Crippen molar-refractivity contribution in [3.63, 3.8) is 0 Å². The van der Waals surface area contributed by atoms with Gasteiger partial charge in [-0.2, -0.15) is 0 Å². The van der Waals surface area contributed by atoms with Crippen molar-refractivity contribution < 1.29 is 32.9 Å². The van der Waals surface area contributed by atoms with Gasteiger partial charge in [0.2, 0.25) is 5.91 Å². The molecule has 0 aliphatic rings. The third-order valence-electron chi connectivity index (χ3n) is 15.0. The van der Waals surface area contributed by atoms with Gasteiger partial charge in [0.1, 0.15) is 13.2 Å². The first-order valence-corrected chi connectivity index (χ1v) is 34.7. The van der Waals surface area contributed by atoms with Crippen LogP contribution in [0.5, 0.6) is 0 Å². The highest BCUT2D eigenvalue weighted by atomic mass is 31.2. The van der Waals surface area contributed by atoms with Crippen molar-refractivity contribution >= 4 is 13.7 Å². The number of likely N-dealkylation sites (N-methyl/N-ethyl adjacent to an activating group) is 1. The van der Waals surface area contributed by atoms with Crippen molar-refractivity contribution in [1.29, 1.82) is 0 Å². The van der Waals surface area contributed by atoms with Crippen LogP contribution < -0.4 is 5.32 Å². The molecule has 0 aliphatic carbocycles. The Bertz CT molecular complexity index is 1440. The minimum atomic E-state index is -4.36. The molecule has 1 amide bonds. The summed E-state index contributed by atoms with van der Waals surface area (Å²) in [7, 11) is 1.56. The van der Waals surface area contributed by atoms with Gasteiger partial charge in [0, 0.05) is 6.42 Å². The lowest BCUT2D eigenvalue weighted by molar-refractivity contribution is -0.870. The van der Waals surface area contributed by atoms with Crippen molar-refractivity contribution in [3.8, 4) is 0 Å². The lowest BCUT2D eigenvalue weighted by Crippen LogP contribution is -2.45. The fourth-order valence-corrected chi connectivity index (χ4v) is 10.5. The lowest BCUT2D eigenvalue weighted by atomic mass is 10.0. The van der Waals surface area contributed by atoms with Gasteiger partial charge in [0.05, 0.1) is 39.9 Å². The van der Waals surface area contributed by atoms with E-state index in [1.807, 2.05) is 27.2 Å². The molecule has 0 aromatic carbocycles. The zero-order chi connectivity index (χ0) is 56.3. The Kier molecular flexibility index (Phi) is 57.5. The number of aliphatic hydroxyl groups is 1. The van der Waals surface area contributed by atoms with Crippen LogP contribution in [0.2, 0.25) is 0 Å². The summed E-state index contributed by atoms with van der Waals surface area (Å²) in [5.74, 6) is -0.185. The van der Waals surface area contributed by atoms with Gasteiger partial charge in [0.15, 0.2) is 0 Å². The molecule has 0 saturated carbocycles. The zero-order valence-electron chi connectivity index (χ0n) is 51.7. The quantitative estimate of drug-likeness (QED) is 0.0243. The van der Waals surface area contributed by atoms with Gasteiger partial charge < -0.3 is 19.8 Å². The van der Waals surface area contributed by atoms with Crippen LogP contribution in [0.25, 0.3) is 0 Å². The van der Waals surface area contributed by atoms with Gasteiger partial charge in [-0.25, -0.2) is 4.57 Å². The Morgan fingerprint density at radius 1 is 0.442 bits per heavy atom. The Morgan fingerprint density at radius 2 is 0.753 bits per heavy atom. The molecule has 3 atom stereocenters. The van der Waals surface area contributed by atoms with Gasteiger partial charge in [-0.05, 0) is 70.6 Å². The molecule has 0 heterocycles. The van der Waals surface area contributed by atoms with Crippen LogP contribution in [0.3, 0.4) is 0 Å². The molecule has 0 aromatic rings. The molecule has 9 heteroatoms. The molecule has 3 unspecified atom stereocenters. The second kappa shape index (κ2) is 58.8. The number of phosphoric ester groups is 1. The molecule has 0 saturated heterocycles. The first kappa shape index (κ1) is 75.2. The van der Waals surface area contributed by atoms with Crippen molar-refractivity contribution in [2.75, 3.05) is 40.9 Å². The molecule has 0 aromatic heterocycles. The maximum Gasteiger partial charge on any atom is 0.472 e. The highest BCUT2D eigenvalue weighted by Gasteiger charge is 2.28. The number of quaternary nitrogens is 1. The van der Waals surface area contributed by atoms with E-state index in [0.717, 1.165) is 51.4 Å². The van der Waals surface area contributed by atoms with Crippen molar-refractivity contribution in [1.82, 2.24) is 5.32 Å². The SMILES string of the molecule is CCCCCCC/C=C\C/C=C\C/C=C\CCCCCCCCCCCCCCCCC(=O)NC(COP(=O)(O)OCC[N+](C)(C)C)C(O)/C=C/CC/C=C/CCCCCCCCCCCCCCCCCCCCCC. The van der Waals surface area contributed by atoms with Crippen LogP contribution in [-0.2, 0) is 18.4 Å². The third-order valence-corrected chi connectivity index (χ3v) is 15.9. The maximum absolute atomic E-state index is 13.0. The van der Waals surface area contributed by atoms with E-state index in [1.165, 1.54) is 244 Å². The molecule has 3 N–H and O–H groups in total. The van der Waals surface area contributed by atoms with Crippen molar-refractivity contribution in [3.05, 3.63) is 60.8 Å². The van der Waals surface area contributed by atoms with Gasteiger partial charge in [0.25, 0.3) is 0 Å². The molecular weight excluding hydrogens is 972 g/mol. The summed E-state index contributed by atoms with van der Waals surface area (Å²) in [6, 6.07) is -0.867. The molecule has 0 fully saturated rings. The average molecular weight is 1100 g/mol. The van der Waals surface area contributed by atoms with E-state index in [9.17, 15) is 19.4 Å². The predicted molar refractivity (Wildman–Crippen MR) is 337 cm³/mol. The number of carbonyl (C=O) groups excluding carboxylic acids is 1. The predicted octanol–water partition coefficient (Wildman–Crippen LogP) is 20.8. The number of nitrogens with one attached hydrogen (secondary N) is 1. The summed E-state index contributed by atoms with van der Waals surface area (Å²) < 4.78 is 23.8. The lowest BCUT2D eigenvalue weighted by Gasteiger charge is -2.25. The summed E-state index contributed by atoms with van der Waals surface area (Å²) in [6.07, 6.45) is 80.7. The Hall–Kier alpha value is -1.80. The van der Waals surface area contributed by atoms with E-state index < -0.39 is 20.0 Å². The Balaban J connectivity index is 4.15. The number of carbonyl (C=O) groups is 1. The van der Waals surface area contributed by atoms with Gasteiger partial charge in [-0.15, -0.1) is 0 Å². The normalized spacial score (nSPS) is 14.1. The monoisotopic (exact) mass is 1100 g/mol. The van der Waals surface area contributed by atoms with Gasteiger partial charge >= 0.3 is 7.82 Å². The number of aliphatic hydroxyl groups excluding tert-OH is 1. The molecule has 0 spiro atoms. The smallest absolute Gasteiger partial charge is 0.387 e. The standard InChI is InChI=1S/C68H129N2O6P/c1-6-8-10-12-14-16-18-20-22-24-26-28-30-32-34-35-36-38-40-42-44-46-48-50-52-54-56-58-60-62-68(72)69-66(65-76-77(73,74)75-64-63-70(3,4)5)67(71)61-59-57-55-53-51-49-47-45-43-41-39-37-33-31-29-27-25-23-21-19-17-15-13-11-9-7-2/h18,20,24,26,30,32,51,53,59,61,66-67,71H,6-17,19,21-23,25,27-29,31,33-50,52,54-58,60,62-65H2,1-5H3,(H-,69,72,73,74)/p+1/b20-18-,26-24-,32-30-,53-51+,61-59+. The summed E-state index contributed by atoms with van der Waals surface area (Å²) in [4.78, 5) is 23.4. The van der Waals surface area contributed by atoms with Crippen LogP contribution in [-0.4, -0.2) is 73.4 Å². The number of unbranched alkanes of at least 4 members (excludes halogenated alkanes) is 40. The van der Waals surface area contributed by atoms with Crippen LogP contribution in [0.4, 0.5) is 0 Å². The molecule has 452 valence electrons. The van der Waals surface area contributed by atoms with Gasteiger partial charge in [-0.3, -0.25) is 13.8 Å². The van der Waals surface area contributed by atoms with Crippen LogP contribution in [0, 0.1) is 0 Å².